The molecule has 0 radical (unpaired) electrons. The Labute approximate surface area is 162 Å². The molecule has 1 aliphatic rings. The molecule has 0 spiro atoms. The lowest BCUT2D eigenvalue weighted by molar-refractivity contribution is -0.128. The number of para-hydroxylation sites is 1. The minimum Gasteiger partial charge on any atom is -0.368 e. The van der Waals surface area contributed by atoms with Crippen molar-refractivity contribution in [3.8, 4) is 0 Å². The van der Waals surface area contributed by atoms with E-state index in [1.165, 1.54) is 21.7 Å². The number of hydrogen-bond acceptors (Lipinski definition) is 3. The van der Waals surface area contributed by atoms with Crippen LogP contribution in [0.3, 0.4) is 0 Å². The highest BCUT2D eigenvalue weighted by molar-refractivity contribution is 9.10. The second-order valence-corrected chi connectivity index (χ2v) is 8.23. The molecule has 2 aromatic carbocycles. The quantitative estimate of drug-likeness (QED) is 0.682. The third-order valence-corrected chi connectivity index (χ3v) is 6.56. The van der Waals surface area contributed by atoms with Gasteiger partial charge in [-0.3, -0.25) is 4.79 Å². The van der Waals surface area contributed by atoms with E-state index >= 15 is 0 Å². The molecule has 0 aliphatic carbocycles. The van der Waals surface area contributed by atoms with Crippen molar-refractivity contribution < 1.29 is 4.79 Å². The van der Waals surface area contributed by atoms with E-state index in [9.17, 15) is 4.79 Å². The number of carbonyl (C=O) groups excluding carboxylic acids is 1. The number of thioether (sulfide) groups is 1. The van der Waals surface area contributed by atoms with Crippen LogP contribution in [0.25, 0.3) is 0 Å². The van der Waals surface area contributed by atoms with E-state index in [2.05, 4.69) is 71.1 Å². The molecule has 3 nitrogen and oxygen atoms in total. The number of hydrogen-bond donors (Lipinski definition) is 0. The zero-order valence-corrected chi connectivity index (χ0v) is 17.1. The van der Waals surface area contributed by atoms with Crippen molar-refractivity contribution in [1.82, 2.24) is 4.90 Å². The number of anilines is 1. The molecule has 2 aromatic rings. The van der Waals surface area contributed by atoms with Crippen molar-refractivity contribution in [2.24, 2.45) is 0 Å². The zero-order valence-electron chi connectivity index (χ0n) is 14.7. The molecule has 5 heteroatoms. The lowest BCUT2D eigenvalue weighted by Crippen LogP contribution is -2.49. The van der Waals surface area contributed by atoms with Gasteiger partial charge in [-0.2, -0.15) is 0 Å². The number of amides is 1. The van der Waals surface area contributed by atoms with E-state index in [0.29, 0.717) is 5.75 Å². The summed E-state index contributed by atoms with van der Waals surface area (Å²) in [5.41, 5.74) is 3.66. The van der Waals surface area contributed by atoms with E-state index in [1.54, 1.807) is 11.8 Å². The second kappa shape index (κ2) is 8.28. The standard InChI is InChI=1S/C20H23BrN2OS/c1-15-13-19(16(2)12-18(15)21)25-14-20(24)23-10-8-22(9-11-23)17-6-4-3-5-7-17/h3-7,12-13H,8-11,14H2,1-2H3. The van der Waals surface area contributed by atoms with Gasteiger partial charge in [0.2, 0.25) is 5.91 Å². The minimum absolute atomic E-state index is 0.234. The summed E-state index contributed by atoms with van der Waals surface area (Å²) >= 11 is 5.20. The van der Waals surface area contributed by atoms with Gasteiger partial charge in [-0.15, -0.1) is 11.8 Å². The number of carbonyl (C=O) groups is 1. The van der Waals surface area contributed by atoms with Crippen LogP contribution in [0, 0.1) is 13.8 Å². The van der Waals surface area contributed by atoms with Gasteiger partial charge in [-0.05, 0) is 49.2 Å². The summed E-state index contributed by atoms with van der Waals surface area (Å²) in [4.78, 5) is 18.1. The Morgan fingerprint density at radius 2 is 1.72 bits per heavy atom. The van der Waals surface area contributed by atoms with Crippen LogP contribution in [0.5, 0.6) is 0 Å². The number of piperazine rings is 1. The highest BCUT2D eigenvalue weighted by atomic mass is 79.9. The predicted molar refractivity (Wildman–Crippen MR) is 110 cm³/mol. The van der Waals surface area contributed by atoms with Crippen LogP contribution in [0.4, 0.5) is 5.69 Å². The summed E-state index contributed by atoms with van der Waals surface area (Å²) in [5.74, 6) is 0.741. The molecule has 0 unspecified atom stereocenters. The maximum atomic E-state index is 12.6. The van der Waals surface area contributed by atoms with E-state index in [0.717, 1.165) is 30.7 Å². The first-order chi connectivity index (χ1) is 12.0. The van der Waals surface area contributed by atoms with E-state index in [4.69, 9.17) is 0 Å². The molecule has 0 N–H and O–H groups in total. The fourth-order valence-corrected chi connectivity index (χ4v) is 4.46. The van der Waals surface area contributed by atoms with Gasteiger partial charge >= 0.3 is 0 Å². The molecular weight excluding hydrogens is 396 g/mol. The monoisotopic (exact) mass is 418 g/mol. The van der Waals surface area contributed by atoms with Crippen LogP contribution in [0.2, 0.25) is 0 Å². The van der Waals surface area contributed by atoms with Crippen LogP contribution in [0.15, 0.2) is 51.8 Å². The molecule has 0 bridgehead atoms. The van der Waals surface area contributed by atoms with Gasteiger partial charge in [-0.25, -0.2) is 0 Å². The van der Waals surface area contributed by atoms with Gasteiger partial charge in [0.1, 0.15) is 0 Å². The fraction of sp³-hybridized carbons (Fsp3) is 0.350. The van der Waals surface area contributed by atoms with Crippen molar-refractivity contribution in [2.45, 2.75) is 18.7 Å². The number of nitrogens with zero attached hydrogens (tertiary/aromatic N) is 2. The molecule has 1 fully saturated rings. The van der Waals surface area contributed by atoms with Gasteiger partial charge in [0.25, 0.3) is 0 Å². The number of rotatable bonds is 4. The van der Waals surface area contributed by atoms with Crippen LogP contribution < -0.4 is 4.90 Å². The zero-order chi connectivity index (χ0) is 17.8. The lowest BCUT2D eigenvalue weighted by Gasteiger charge is -2.36. The van der Waals surface area contributed by atoms with Crippen LogP contribution >= 0.6 is 27.7 Å². The first-order valence-electron chi connectivity index (χ1n) is 8.52. The Bertz CT molecular complexity index is 743. The third kappa shape index (κ3) is 4.59. The summed E-state index contributed by atoms with van der Waals surface area (Å²) in [7, 11) is 0. The molecule has 1 heterocycles. The Morgan fingerprint density at radius 1 is 1.04 bits per heavy atom. The Morgan fingerprint density at radius 3 is 2.40 bits per heavy atom. The second-order valence-electron chi connectivity index (χ2n) is 6.36. The first kappa shape index (κ1) is 18.3. The van der Waals surface area contributed by atoms with E-state index in [1.807, 2.05) is 11.0 Å². The van der Waals surface area contributed by atoms with Gasteiger partial charge in [0.05, 0.1) is 5.75 Å². The normalized spacial score (nSPS) is 14.7. The Hall–Kier alpha value is -1.46. The maximum absolute atomic E-state index is 12.6. The van der Waals surface area contributed by atoms with Crippen LogP contribution in [0.1, 0.15) is 11.1 Å². The van der Waals surface area contributed by atoms with Gasteiger partial charge in [0, 0.05) is 41.2 Å². The summed E-state index contributed by atoms with van der Waals surface area (Å²) in [6.45, 7) is 7.57. The SMILES string of the molecule is Cc1cc(SCC(=O)N2CCN(c3ccccc3)CC2)c(C)cc1Br. The van der Waals surface area contributed by atoms with Crippen molar-refractivity contribution in [1.29, 1.82) is 0 Å². The molecule has 0 aromatic heterocycles. The average Bonchev–Trinajstić information content (AvgIpc) is 2.64. The molecule has 0 saturated carbocycles. The molecule has 1 saturated heterocycles. The number of benzene rings is 2. The number of aryl methyl sites for hydroxylation is 2. The first-order valence-corrected chi connectivity index (χ1v) is 10.3. The van der Waals surface area contributed by atoms with Crippen molar-refractivity contribution in [3.05, 3.63) is 58.1 Å². The predicted octanol–water partition coefficient (Wildman–Crippen LogP) is 4.51. The maximum Gasteiger partial charge on any atom is 0.233 e. The average molecular weight is 419 g/mol. The Balaban J connectivity index is 1.52. The lowest BCUT2D eigenvalue weighted by atomic mass is 10.2. The molecule has 25 heavy (non-hydrogen) atoms. The Kier molecular flexibility index (Phi) is 6.07. The molecule has 0 atom stereocenters. The summed E-state index contributed by atoms with van der Waals surface area (Å²) in [5, 5.41) is 0. The smallest absolute Gasteiger partial charge is 0.233 e. The van der Waals surface area contributed by atoms with Crippen molar-refractivity contribution >= 4 is 39.3 Å². The number of halogens is 1. The summed E-state index contributed by atoms with van der Waals surface area (Å²) < 4.78 is 1.12. The fourth-order valence-electron chi connectivity index (χ4n) is 2.99. The molecule has 3 rings (SSSR count). The molecule has 132 valence electrons. The van der Waals surface area contributed by atoms with Crippen molar-refractivity contribution in [2.75, 3.05) is 36.8 Å². The highest BCUT2D eigenvalue weighted by Crippen LogP contribution is 2.28. The van der Waals surface area contributed by atoms with E-state index in [-0.39, 0.29) is 5.91 Å². The minimum atomic E-state index is 0.234. The summed E-state index contributed by atoms with van der Waals surface area (Å²) in [6.07, 6.45) is 0. The van der Waals surface area contributed by atoms with Crippen LogP contribution in [-0.4, -0.2) is 42.7 Å². The molecule has 1 amide bonds. The van der Waals surface area contributed by atoms with Gasteiger partial charge in [0.15, 0.2) is 0 Å². The van der Waals surface area contributed by atoms with Crippen LogP contribution in [-0.2, 0) is 4.79 Å². The topological polar surface area (TPSA) is 23.6 Å². The van der Waals surface area contributed by atoms with Gasteiger partial charge in [-0.1, -0.05) is 34.1 Å². The largest absolute Gasteiger partial charge is 0.368 e. The summed E-state index contributed by atoms with van der Waals surface area (Å²) in [6, 6.07) is 14.7. The van der Waals surface area contributed by atoms with Gasteiger partial charge < -0.3 is 9.80 Å². The molecular formula is C20H23BrN2OS. The van der Waals surface area contributed by atoms with Crippen molar-refractivity contribution in [3.63, 3.8) is 0 Å². The van der Waals surface area contributed by atoms with E-state index < -0.39 is 0 Å². The third-order valence-electron chi connectivity index (χ3n) is 4.56. The molecule has 1 aliphatic heterocycles. The highest BCUT2D eigenvalue weighted by Gasteiger charge is 2.21.